The number of hydroxylamine groups is 2. The van der Waals surface area contributed by atoms with Crippen molar-refractivity contribution >= 4 is 15.0 Å². The summed E-state index contributed by atoms with van der Waals surface area (Å²) in [6, 6.07) is 0. The standard InChI is InChI=1S/C19H39NO4Si/c1-14(21)10-11-19(16(22)23-18(5,6)7)12-15(17(2,3)4)13-20(19)24-25(8)9/h14-15,21,25H,10-13H2,1-9H3. The van der Waals surface area contributed by atoms with Gasteiger partial charge in [0.05, 0.1) is 6.10 Å². The minimum absolute atomic E-state index is 0.0781. The number of carbonyl (C=O) groups excluding carboxylic acids is 1. The molecule has 1 aliphatic heterocycles. The molecule has 0 bridgehead atoms. The summed E-state index contributed by atoms with van der Waals surface area (Å²) < 4.78 is 12.0. The second kappa shape index (κ2) is 8.07. The monoisotopic (exact) mass is 373 g/mol. The van der Waals surface area contributed by atoms with Gasteiger partial charge in [0, 0.05) is 6.54 Å². The predicted octanol–water partition coefficient (Wildman–Crippen LogP) is 3.51. The first-order chi connectivity index (χ1) is 11.2. The third-order valence-electron chi connectivity index (χ3n) is 4.77. The van der Waals surface area contributed by atoms with Crippen LogP contribution in [0.5, 0.6) is 0 Å². The van der Waals surface area contributed by atoms with E-state index < -0.39 is 26.3 Å². The molecule has 1 aliphatic rings. The Hall–Kier alpha value is -0.433. The average Bonchev–Trinajstić information content (AvgIpc) is 2.73. The lowest BCUT2D eigenvalue weighted by Crippen LogP contribution is -2.54. The second-order valence-corrected chi connectivity index (χ2v) is 12.2. The SMILES string of the molecule is CC(O)CCC1(C(=O)OC(C)(C)C)CC(C(C)(C)C)CN1O[SiH](C)C. The molecule has 0 radical (unpaired) electrons. The third kappa shape index (κ3) is 6.34. The number of aliphatic hydroxyl groups is 1. The molecule has 0 spiro atoms. The molecule has 0 aliphatic carbocycles. The van der Waals surface area contributed by atoms with E-state index >= 15 is 0 Å². The first-order valence-electron chi connectivity index (χ1n) is 9.53. The molecule has 3 atom stereocenters. The molecule has 0 aromatic heterocycles. The second-order valence-electron chi connectivity index (χ2n) is 9.90. The molecule has 1 saturated heterocycles. The average molecular weight is 374 g/mol. The van der Waals surface area contributed by atoms with Gasteiger partial charge in [-0.05, 0) is 71.4 Å². The number of esters is 1. The first-order valence-corrected chi connectivity index (χ1v) is 12.3. The van der Waals surface area contributed by atoms with Gasteiger partial charge in [0.1, 0.15) is 11.1 Å². The smallest absolute Gasteiger partial charge is 0.329 e. The number of hydrogen-bond donors (Lipinski definition) is 1. The normalized spacial score (nSPS) is 26.9. The molecule has 5 nitrogen and oxygen atoms in total. The third-order valence-corrected chi connectivity index (χ3v) is 5.44. The van der Waals surface area contributed by atoms with Crippen LogP contribution in [0.4, 0.5) is 0 Å². The quantitative estimate of drug-likeness (QED) is 0.570. The van der Waals surface area contributed by atoms with Crippen LogP contribution in [0.15, 0.2) is 0 Å². The van der Waals surface area contributed by atoms with Crippen LogP contribution in [0, 0.1) is 11.3 Å². The van der Waals surface area contributed by atoms with E-state index in [4.69, 9.17) is 9.26 Å². The van der Waals surface area contributed by atoms with E-state index in [0.29, 0.717) is 25.2 Å². The fraction of sp³-hybridized carbons (Fsp3) is 0.947. The summed E-state index contributed by atoms with van der Waals surface area (Å²) in [5, 5.41) is 11.7. The molecule has 0 aromatic carbocycles. The molecule has 1 fully saturated rings. The maximum Gasteiger partial charge on any atom is 0.329 e. The fourth-order valence-corrected chi connectivity index (χ4v) is 4.06. The number of aliphatic hydroxyl groups excluding tert-OH is 1. The predicted molar refractivity (Wildman–Crippen MR) is 104 cm³/mol. The van der Waals surface area contributed by atoms with Crippen molar-refractivity contribution in [2.45, 2.75) is 98.1 Å². The van der Waals surface area contributed by atoms with E-state index in [1.807, 2.05) is 25.8 Å². The van der Waals surface area contributed by atoms with Crippen molar-refractivity contribution in [3.8, 4) is 0 Å². The Labute approximate surface area is 155 Å². The van der Waals surface area contributed by atoms with Crippen molar-refractivity contribution in [1.29, 1.82) is 0 Å². The van der Waals surface area contributed by atoms with E-state index in [9.17, 15) is 9.90 Å². The van der Waals surface area contributed by atoms with Crippen LogP contribution in [0.1, 0.15) is 67.7 Å². The lowest BCUT2D eigenvalue weighted by Gasteiger charge is -2.38. The van der Waals surface area contributed by atoms with Crippen LogP contribution in [0.3, 0.4) is 0 Å². The highest BCUT2D eigenvalue weighted by atomic mass is 28.3. The zero-order chi connectivity index (χ0) is 19.6. The number of ether oxygens (including phenoxy) is 1. The number of carbonyl (C=O) groups is 1. The summed E-state index contributed by atoms with van der Waals surface area (Å²) in [4.78, 5) is 13.2. The van der Waals surface area contributed by atoms with Gasteiger partial charge in [-0.3, -0.25) is 0 Å². The van der Waals surface area contributed by atoms with Gasteiger partial charge in [-0.15, -0.1) is 0 Å². The highest BCUT2D eigenvalue weighted by Gasteiger charge is 2.56. The lowest BCUT2D eigenvalue weighted by atomic mass is 9.76. The minimum Gasteiger partial charge on any atom is -0.459 e. The zero-order valence-electron chi connectivity index (χ0n) is 17.7. The van der Waals surface area contributed by atoms with Crippen molar-refractivity contribution in [1.82, 2.24) is 5.06 Å². The molecule has 3 unspecified atom stereocenters. The molecular formula is C19H39NO4Si. The molecule has 25 heavy (non-hydrogen) atoms. The Morgan fingerprint density at radius 1 is 1.28 bits per heavy atom. The van der Waals surface area contributed by atoms with Crippen LogP contribution < -0.4 is 0 Å². The zero-order valence-corrected chi connectivity index (χ0v) is 18.8. The Kier molecular flexibility index (Phi) is 7.30. The van der Waals surface area contributed by atoms with Gasteiger partial charge in [0.25, 0.3) is 0 Å². The Bertz CT molecular complexity index is 453. The number of hydrogen-bond acceptors (Lipinski definition) is 5. The summed E-state index contributed by atoms with van der Waals surface area (Å²) in [6.45, 7) is 19.0. The van der Waals surface area contributed by atoms with Crippen LogP contribution in [0.25, 0.3) is 0 Å². The molecule has 0 amide bonds. The molecule has 1 heterocycles. The largest absolute Gasteiger partial charge is 0.459 e. The van der Waals surface area contributed by atoms with Crippen LogP contribution in [-0.4, -0.2) is 49.0 Å². The van der Waals surface area contributed by atoms with E-state index in [2.05, 4.69) is 33.9 Å². The Morgan fingerprint density at radius 2 is 1.84 bits per heavy atom. The van der Waals surface area contributed by atoms with Crippen molar-refractivity contribution < 1.29 is 19.2 Å². The van der Waals surface area contributed by atoms with E-state index in [1.165, 1.54) is 0 Å². The highest BCUT2D eigenvalue weighted by Crippen LogP contribution is 2.46. The molecule has 6 heteroatoms. The van der Waals surface area contributed by atoms with Crippen molar-refractivity contribution in [2.24, 2.45) is 11.3 Å². The summed E-state index contributed by atoms with van der Waals surface area (Å²) in [7, 11) is -1.38. The van der Waals surface area contributed by atoms with E-state index in [-0.39, 0.29) is 11.4 Å². The van der Waals surface area contributed by atoms with E-state index in [1.54, 1.807) is 6.92 Å². The minimum atomic E-state index is -1.38. The van der Waals surface area contributed by atoms with Gasteiger partial charge in [-0.1, -0.05) is 20.8 Å². The fourth-order valence-electron chi connectivity index (χ4n) is 3.26. The Balaban J connectivity index is 3.24. The Morgan fingerprint density at radius 3 is 2.24 bits per heavy atom. The molecular weight excluding hydrogens is 334 g/mol. The molecule has 0 aromatic rings. The van der Waals surface area contributed by atoms with Crippen molar-refractivity contribution in [3.05, 3.63) is 0 Å². The summed E-state index contributed by atoms with van der Waals surface area (Å²) in [5.74, 6) is 0.115. The van der Waals surface area contributed by atoms with E-state index in [0.717, 1.165) is 6.54 Å². The maximum absolute atomic E-state index is 13.2. The van der Waals surface area contributed by atoms with Crippen LogP contribution >= 0.6 is 0 Å². The van der Waals surface area contributed by atoms with Crippen LogP contribution in [-0.2, 0) is 14.1 Å². The van der Waals surface area contributed by atoms with Gasteiger partial charge in [0.2, 0.25) is 0 Å². The topological polar surface area (TPSA) is 59.0 Å². The number of nitrogens with zero attached hydrogens (tertiary/aromatic N) is 1. The molecule has 0 saturated carbocycles. The molecule has 148 valence electrons. The summed E-state index contributed by atoms with van der Waals surface area (Å²) in [5.41, 5.74) is -1.27. The van der Waals surface area contributed by atoms with Crippen molar-refractivity contribution in [2.75, 3.05) is 6.54 Å². The maximum atomic E-state index is 13.2. The van der Waals surface area contributed by atoms with Gasteiger partial charge >= 0.3 is 5.97 Å². The first kappa shape index (κ1) is 22.6. The lowest BCUT2D eigenvalue weighted by molar-refractivity contribution is -0.192. The summed E-state index contributed by atoms with van der Waals surface area (Å²) >= 11 is 0. The van der Waals surface area contributed by atoms with Gasteiger partial charge in [-0.2, -0.15) is 5.06 Å². The molecule has 1 rings (SSSR count). The van der Waals surface area contributed by atoms with Gasteiger partial charge < -0.3 is 14.4 Å². The van der Waals surface area contributed by atoms with Gasteiger partial charge in [0.15, 0.2) is 9.04 Å². The van der Waals surface area contributed by atoms with Crippen molar-refractivity contribution in [3.63, 3.8) is 0 Å². The van der Waals surface area contributed by atoms with Crippen LogP contribution in [0.2, 0.25) is 13.1 Å². The highest BCUT2D eigenvalue weighted by molar-refractivity contribution is 6.48. The molecule has 1 N–H and O–H groups in total. The number of rotatable bonds is 6. The summed E-state index contributed by atoms with van der Waals surface area (Å²) in [6.07, 6.45) is 1.36. The van der Waals surface area contributed by atoms with Gasteiger partial charge in [-0.25, -0.2) is 4.79 Å².